The van der Waals surface area contributed by atoms with Crippen LogP contribution >= 0.6 is 15.9 Å². The number of rotatable bonds is 5. The third-order valence-corrected chi connectivity index (χ3v) is 3.12. The molecule has 98 valence electrons. The molecule has 0 fully saturated rings. The minimum atomic E-state index is -1.00. The number of carboxylic acid groups (broad SMARTS) is 1. The van der Waals surface area contributed by atoms with Crippen molar-refractivity contribution in [1.82, 2.24) is 0 Å². The molecular formula is C12H15BrN2O3. The van der Waals surface area contributed by atoms with Gasteiger partial charge in [0, 0.05) is 16.2 Å². The smallest absolute Gasteiger partial charge is 0.336 e. The van der Waals surface area contributed by atoms with Crippen LogP contribution in [-0.4, -0.2) is 29.6 Å². The van der Waals surface area contributed by atoms with E-state index in [0.29, 0.717) is 4.47 Å². The van der Waals surface area contributed by atoms with Crippen LogP contribution in [0, 0.1) is 0 Å². The van der Waals surface area contributed by atoms with Gasteiger partial charge in [-0.1, -0.05) is 0 Å². The molecule has 0 aliphatic rings. The molecule has 0 bridgehead atoms. The number of primary amides is 1. The van der Waals surface area contributed by atoms with E-state index in [1.807, 2.05) is 13.8 Å². The fourth-order valence-corrected chi connectivity index (χ4v) is 2.13. The van der Waals surface area contributed by atoms with Crippen molar-refractivity contribution in [2.75, 3.05) is 11.4 Å². The first-order chi connectivity index (χ1) is 8.32. The summed E-state index contributed by atoms with van der Waals surface area (Å²) < 4.78 is 0.475. The fraction of sp³-hybridized carbons (Fsp3) is 0.333. The topological polar surface area (TPSA) is 83.6 Å². The van der Waals surface area contributed by atoms with Crippen LogP contribution in [0.5, 0.6) is 0 Å². The summed E-state index contributed by atoms with van der Waals surface area (Å²) in [6.45, 7) is 3.96. The molecule has 1 aromatic rings. The molecule has 0 unspecified atom stereocenters. The number of amides is 1. The number of nitrogens with two attached hydrogens (primary N) is 1. The Labute approximate surface area is 114 Å². The molecule has 0 spiro atoms. The summed E-state index contributed by atoms with van der Waals surface area (Å²) in [6, 6.07) is 4.92. The van der Waals surface area contributed by atoms with E-state index in [1.54, 1.807) is 17.0 Å². The van der Waals surface area contributed by atoms with E-state index in [-0.39, 0.29) is 18.2 Å². The van der Waals surface area contributed by atoms with Crippen LogP contribution in [0.2, 0.25) is 0 Å². The first-order valence-corrected chi connectivity index (χ1v) is 6.20. The highest BCUT2D eigenvalue weighted by Crippen LogP contribution is 2.25. The largest absolute Gasteiger partial charge is 0.478 e. The molecule has 18 heavy (non-hydrogen) atoms. The predicted molar refractivity (Wildman–Crippen MR) is 72.8 cm³/mol. The molecule has 6 heteroatoms. The van der Waals surface area contributed by atoms with Crippen molar-refractivity contribution in [3.05, 3.63) is 28.2 Å². The van der Waals surface area contributed by atoms with Gasteiger partial charge in [0.2, 0.25) is 5.91 Å². The normalized spacial score (nSPS) is 10.4. The maximum absolute atomic E-state index is 11.0. The van der Waals surface area contributed by atoms with Crippen molar-refractivity contribution < 1.29 is 14.7 Å². The zero-order valence-electron chi connectivity index (χ0n) is 10.2. The minimum Gasteiger partial charge on any atom is -0.478 e. The molecule has 0 aromatic heterocycles. The number of carbonyl (C=O) groups excluding carboxylic acids is 1. The van der Waals surface area contributed by atoms with Crippen molar-refractivity contribution in [2.45, 2.75) is 19.9 Å². The number of aromatic carboxylic acids is 1. The van der Waals surface area contributed by atoms with Gasteiger partial charge >= 0.3 is 5.97 Å². The molecule has 0 aliphatic heterocycles. The zero-order valence-corrected chi connectivity index (χ0v) is 11.8. The van der Waals surface area contributed by atoms with Crippen LogP contribution in [0.25, 0.3) is 0 Å². The monoisotopic (exact) mass is 314 g/mol. The van der Waals surface area contributed by atoms with Gasteiger partial charge < -0.3 is 15.7 Å². The summed E-state index contributed by atoms with van der Waals surface area (Å²) in [5.41, 5.74) is 6.13. The molecule has 1 rings (SSSR count). The summed E-state index contributed by atoms with van der Waals surface area (Å²) in [7, 11) is 0. The van der Waals surface area contributed by atoms with E-state index in [9.17, 15) is 9.59 Å². The quantitative estimate of drug-likeness (QED) is 0.868. The third kappa shape index (κ3) is 3.46. The van der Waals surface area contributed by atoms with Gasteiger partial charge in [0.25, 0.3) is 0 Å². The van der Waals surface area contributed by atoms with E-state index in [1.165, 1.54) is 6.07 Å². The zero-order chi connectivity index (χ0) is 13.9. The Morgan fingerprint density at radius 3 is 2.44 bits per heavy atom. The van der Waals surface area contributed by atoms with E-state index in [2.05, 4.69) is 15.9 Å². The molecule has 5 nitrogen and oxygen atoms in total. The van der Waals surface area contributed by atoms with Crippen molar-refractivity contribution in [3.8, 4) is 0 Å². The third-order valence-electron chi connectivity index (χ3n) is 2.46. The Hall–Kier alpha value is -1.56. The van der Waals surface area contributed by atoms with Crippen LogP contribution in [-0.2, 0) is 4.79 Å². The van der Waals surface area contributed by atoms with Gasteiger partial charge in [0.15, 0.2) is 0 Å². The second-order valence-electron chi connectivity index (χ2n) is 4.16. The van der Waals surface area contributed by atoms with Gasteiger partial charge in [-0.3, -0.25) is 4.79 Å². The first-order valence-electron chi connectivity index (χ1n) is 5.40. The summed E-state index contributed by atoms with van der Waals surface area (Å²) in [5.74, 6) is -1.43. The van der Waals surface area contributed by atoms with Crippen LogP contribution in [0.1, 0.15) is 24.2 Å². The van der Waals surface area contributed by atoms with E-state index >= 15 is 0 Å². The standard InChI is InChI=1S/C12H15BrN2O3/c1-7(2)15(6-11(14)16)8-3-4-9(12(17)18)10(13)5-8/h3-5,7H,6H2,1-2H3,(H2,14,16)(H,17,18). The van der Waals surface area contributed by atoms with Crippen LogP contribution in [0.4, 0.5) is 5.69 Å². The molecule has 1 aromatic carbocycles. The van der Waals surface area contributed by atoms with Crippen LogP contribution < -0.4 is 10.6 Å². The second-order valence-corrected chi connectivity index (χ2v) is 5.01. The first kappa shape index (κ1) is 14.5. The Kier molecular flexibility index (Phi) is 4.72. The molecule has 0 saturated heterocycles. The maximum atomic E-state index is 11.0. The number of hydrogen-bond acceptors (Lipinski definition) is 3. The van der Waals surface area contributed by atoms with Gasteiger partial charge in [-0.2, -0.15) is 0 Å². The Bertz CT molecular complexity index is 474. The highest BCUT2D eigenvalue weighted by Gasteiger charge is 2.16. The lowest BCUT2D eigenvalue weighted by Gasteiger charge is -2.28. The number of carbonyl (C=O) groups is 2. The maximum Gasteiger partial charge on any atom is 0.336 e. The predicted octanol–water partition coefficient (Wildman–Crippen LogP) is 1.85. The van der Waals surface area contributed by atoms with Gasteiger partial charge in [-0.15, -0.1) is 0 Å². The Morgan fingerprint density at radius 2 is 2.06 bits per heavy atom. The lowest BCUT2D eigenvalue weighted by molar-refractivity contribution is -0.116. The fourth-order valence-electron chi connectivity index (χ4n) is 1.60. The van der Waals surface area contributed by atoms with Crippen molar-refractivity contribution in [1.29, 1.82) is 0 Å². The average molecular weight is 315 g/mol. The Morgan fingerprint density at radius 1 is 1.44 bits per heavy atom. The minimum absolute atomic E-state index is 0.0834. The number of halogens is 1. The van der Waals surface area contributed by atoms with E-state index < -0.39 is 11.9 Å². The van der Waals surface area contributed by atoms with E-state index in [4.69, 9.17) is 10.8 Å². The molecule has 0 aliphatic carbocycles. The van der Waals surface area contributed by atoms with Gasteiger partial charge in [0.05, 0.1) is 12.1 Å². The number of hydrogen-bond donors (Lipinski definition) is 2. The van der Waals surface area contributed by atoms with Crippen molar-refractivity contribution in [2.24, 2.45) is 5.73 Å². The highest BCUT2D eigenvalue weighted by molar-refractivity contribution is 9.10. The average Bonchev–Trinajstić information content (AvgIpc) is 2.24. The molecule has 1 amide bonds. The Balaban J connectivity index is 3.10. The molecular weight excluding hydrogens is 300 g/mol. The second kappa shape index (κ2) is 5.86. The summed E-state index contributed by atoms with van der Waals surface area (Å²) in [6.07, 6.45) is 0. The SMILES string of the molecule is CC(C)N(CC(N)=O)c1ccc(C(=O)O)c(Br)c1. The van der Waals surface area contributed by atoms with Crippen molar-refractivity contribution >= 4 is 33.5 Å². The molecule has 0 radical (unpaired) electrons. The summed E-state index contributed by atoms with van der Waals surface area (Å²) in [5, 5.41) is 8.93. The molecule has 0 atom stereocenters. The van der Waals surface area contributed by atoms with E-state index in [0.717, 1.165) is 5.69 Å². The van der Waals surface area contributed by atoms with Gasteiger partial charge in [0.1, 0.15) is 0 Å². The number of carboxylic acids is 1. The number of benzene rings is 1. The van der Waals surface area contributed by atoms with Crippen molar-refractivity contribution in [3.63, 3.8) is 0 Å². The lowest BCUT2D eigenvalue weighted by Crippen LogP contribution is -2.38. The highest BCUT2D eigenvalue weighted by atomic mass is 79.9. The van der Waals surface area contributed by atoms with Crippen LogP contribution in [0.15, 0.2) is 22.7 Å². The molecule has 3 N–H and O–H groups in total. The molecule has 0 saturated carbocycles. The molecule has 0 heterocycles. The summed E-state index contributed by atoms with van der Waals surface area (Å²) >= 11 is 3.21. The van der Waals surface area contributed by atoms with Crippen LogP contribution in [0.3, 0.4) is 0 Å². The number of anilines is 1. The number of nitrogens with zero attached hydrogens (tertiary/aromatic N) is 1. The summed E-state index contributed by atoms with van der Waals surface area (Å²) in [4.78, 5) is 23.7. The van der Waals surface area contributed by atoms with Gasteiger partial charge in [-0.25, -0.2) is 4.79 Å². The van der Waals surface area contributed by atoms with Gasteiger partial charge in [-0.05, 0) is 48.0 Å². The lowest BCUT2D eigenvalue weighted by atomic mass is 10.1.